The molecule has 0 radical (unpaired) electrons. The third-order valence-electron chi connectivity index (χ3n) is 2.89. The Morgan fingerprint density at radius 2 is 1.84 bits per heavy atom. The van der Waals surface area contributed by atoms with Gasteiger partial charge in [-0.2, -0.15) is 0 Å². The van der Waals surface area contributed by atoms with E-state index >= 15 is 0 Å². The van der Waals surface area contributed by atoms with Gasteiger partial charge < -0.3 is 15.7 Å². The molecule has 2 aromatic rings. The Morgan fingerprint density at radius 3 is 2.42 bits per heavy atom. The number of carboxylic acids is 1. The minimum atomic E-state index is -1.08. The predicted octanol–water partition coefficient (Wildman–Crippen LogP) is 2.87. The van der Waals surface area contributed by atoms with E-state index in [1.54, 1.807) is 36.2 Å². The number of para-hydroxylation sites is 1. The monoisotopic (exact) mass is 260 g/mol. The van der Waals surface area contributed by atoms with Crippen LogP contribution in [0.1, 0.15) is 10.4 Å². The van der Waals surface area contributed by atoms with E-state index < -0.39 is 5.97 Å². The zero-order valence-electron chi connectivity index (χ0n) is 10.3. The highest BCUT2D eigenvalue weighted by atomic mass is 19.1. The molecule has 0 unspecified atom stereocenters. The largest absolute Gasteiger partial charge is 0.478 e. The molecule has 0 amide bonds. The van der Waals surface area contributed by atoms with E-state index in [0.717, 1.165) is 5.69 Å². The Labute approximate surface area is 109 Å². The molecular weight excluding hydrogens is 247 g/mol. The second-order valence-electron chi connectivity index (χ2n) is 4.08. The fourth-order valence-corrected chi connectivity index (χ4v) is 1.84. The van der Waals surface area contributed by atoms with E-state index in [4.69, 9.17) is 10.8 Å². The molecule has 0 saturated heterocycles. The molecule has 2 rings (SSSR count). The summed E-state index contributed by atoms with van der Waals surface area (Å²) in [7, 11) is 1.74. The number of aromatic carboxylic acids is 1. The van der Waals surface area contributed by atoms with Crippen molar-refractivity contribution in [3.05, 3.63) is 53.8 Å². The summed E-state index contributed by atoms with van der Waals surface area (Å²) in [5.41, 5.74) is 7.37. The van der Waals surface area contributed by atoms with Crippen LogP contribution >= 0.6 is 0 Å². The number of anilines is 3. The lowest BCUT2D eigenvalue weighted by Gasteiger charge is -2.22. The standard InChI is InChI=1S/C14H13FN2O2/c1-17(10-7-5-9(15)6-8-10)12-4-2-3-11(13(12)16)14(18)19/h2-8H,16H2,1H3,(H,18,19). The minimum Gasteiger partial charge on any atom is -0.478 e. The molecule has 3 N–H and O–H groups in total. The van der Waals surface area contributed by atoms with E-state index in [-0.39, 0.29) is 17.1 Å². The average molecular weight is 260 g/mol. The first-order valence-electron chi connectivity index (χ1n) is 5.62. The van der Waals surface area contributed by atoms with E-state index in [1.165, 1.54) is 18.2 Å². The fourth-order valence-electron chi connectivity index (χ4n) is 1.84. The number of nitrogen functional groups attached to an aromatic ring is 1. The van der Waals surface area contributed by atoms with Gasteiger partial charge in [0.25, 0.3) is 0 Å². The Morgan fingerprint density at radius 1 is 1.21 bits per heavy atom. The van der Waals surface area contributed by atoms with Crippen LogP contribution in [0.5, 0.6) is 0 Å². The second-order valence-corrected chi connectivity index (χ2v) is 4.08. The van der Waals surface area contributed by atoms with Gasteiger partial charge in [0.2, 0.25) is 0 Å². The maximum absolute atomic E-state index is 12.9. The van der Waals surface area contributed by atoms with Crippen LogP contribution in [-0.4, -0.2) is 18.1 Å². The van der Waals surface area contributed by atoms with Gasteiger partial charge in [-0.05, 0) is 36.4 Å². The number of nitrogens with zero attached hydrogens (tertiary/aromatic N) is 1. The Bertz CT molecular complexity index is 611. The summed E-state index contributed by atoms with van der Waals surface area (Å²) in [4.78, 5) is 12.7. The molecule has 0 fully saturated rings. The van der Waals surface area contributed by atoms with Gasteiger partial charge in [0.05, 0.1) is 16.9 Å². The highest BCUT2D eigenvalue weighted by molar-refractivity contribution is 5.97. The van der Waals surface area contributed by atoms with Crippen molar-refractivity contribution >= 4 is 23.0 Å². The molecule has 0 aliphatic heterocycles. The van der Waals surface area contributed by atoms with Crippen molar-refractivity contribution < 1.29 is 14.3 Å². The van der Waals surface area contributed by atoms with Gasteiger partial charge in [-0.25, -0.2) is 9.18 Å². The third kappa shape index (κ3) is 2.49. The van der Waals surface area contributed by atoms with Crippen LogP contribution in [-0.2, 0) is 0 Å². The molecule has 0 heterocycles. The van der Waals surface area contributed by atoms with E-state index in [1.807, 2.05) is 0 Å². The van der Waals surface area contributed by atoms with E-state index in [2.05, 4.69) is 0 Å². The first-order valence-corrected chi connectivity index (χ1v) is 5.62. The van der Waals surface area contributed by atoms with Crippen molar-refractivity contribution in [1.82, 2.24) is 0 Å². The number of carboxylic acid groups (broad SMARTS) is 1. The molecule has 19 heavy (non-hydrogen) atoms. The lowest BCUT2D eigenvalue weighted by molar-refractivity contribution is 0.0698. The average Bonchev–Trinajstić information content (AvgIpc) is 2.38. The number of hydrogen-bond donors (Lipinski definition) is 2. The highest BCUT2D eigenvalue weighted by Gasteiger charge is 2.14. The van der Waals surface area contributed by atoms with Gasteiger partial charge in [-0.1, -0.05) is 6.07 Å². The molecule has 5 heteroatoms. The summed E-state index contributed by atoms with van der Waals surface area (Å²) >= 11 is 0. The van der Waals surface area contributed by atoms with Gasteiger partial charge in [-0.3, -0.25) is 0 Å². The Kier molecular flexibility index (Phi) is 3.37. The normalized spacial score (nSPS) is 10.2. The lowest BCUT2D eigenvalue weighted by Crippen LogP contribution is -2.14. The SMILES string of the molecule is CN(c1ccc(F)cc1)c1cccc(C(=O)O)c1N. The summed E-state index contributed by atoms with van der Waals surface area (Å²) < 4.78 is 12.9. The summed E-state index contributed by atoms with van der Waals surface area (Å²) in [5.74, 6) is -1.41. The van der Waals surface area contributed by atoms with E-state index in [0.29, 0.717) is 5.69 Å². The molecule has 0 saturated carbocycles. The lowest BCUT2D eigenvalue weighted by atomic mass is 10.1. The van der Waals surface area contributed by atoms with Crippen LogP contribution in [0.15, 0.2) is 42.5 Å². The summed E-state index contributed by atoms with van der Waals surface area (Å²) in [6.07, 6.45) is 0. The molecule has 0 spiro atoms. The van der Waals surface area contributed by atoms with Crippen LogP contribution in [0.2, 0.25) is 0 Å². The van der Waals surface area contributed by atoms with Crippen LogP contribution in [0.3, 0.4) is 0 Å². The van der Waals surface area contributed by atoms with Gasteiger partial charge in [-0.15, -0.1) is 0 Å². The molecule has 0 atom stereocenters. The van der Waals surface area contributed by atoms with Crippen molar-refractivity contribution in [2.45, 2.75) is 0 Å². The summed E-state index contributed by atoms with van der Waals surface area (Å²) in [6, 6.07) is 10.6. The first kappa shape index (κ1) is 12.9. The summed E-state index contributed by atoms with van der Waals surface area (Å²) in [5, 5.41) is 9.03. The van der Waals surface area contributed by atoms with Crippen LogP contribution in [0, 0.1) is 5.82 Å². The number of rotatable bonds is 3. The van der Waals surface area contributed by atoms with Gasteiger partial charge in [0, 0.05) is 12.7 Å². The minimum absolute atomic E-state index is 0.0476. The van der Waals surface area contributed by atoms with Crippen molar-refractivity contribution in [2.75, 3.05) is 17.7 Å². The fraction of sp³-hybridized carbons (Fsp3) is 0.0714. The second kappa shape index (κ2) is 4.97. The molecular formula is C14H13FN2O2. The summed E-state index contributed by atoms with van der Waals surface area (Å²) in [6.45, 7) is 0. The number of benzene rings is 2. The van der Waals surface area contributed by atoms with Crippen LogP contribution in [0.25, 0.3) is 0 Å². The molecule has 0 aromatic heterocycles. The Hall–Kier alpha value is -2.56. The molecule has 0 aliphatic rings. The highest BCUT2D eigenvalue weighted by Crippen LogP contribution is 2.31. The van der Waals surface area contributed by atoms with Crippen molar-refractivity contribution in [2.24, 2.45) is 0 Å². The van der Waals surface area contributed by atoms with Crippen LogP contribution < -0.4 is 10.6 Å². The number of halogens is 1. The first-order chi connectivity index (χ1) is 9.00. The maximum atomic E-state index is 12.9. The molecule has 4 nitrogen and oxygen atoms in total. The zero-order chi connectivity index (χ0) is 14.0. The van der Waals surface area contributed by atoms with Gasteiger partial charge >= 0.3 is 5.97 Å². The Balaban J connectivity index is 2.44. The van der Waals surface area contributed by atoms with Crippen molar-refractivity contribution in [1.29, 1.82) is 0 Å². The topological polar surface area (TPSA) is 66.6 Å². The van der Waals surface area contributed by atoms with Gasteiger partial charge in [0.1, 0.15) is 5.82 Å². The number of hydrogen-bond acceptors (Lipinski definition) is 3. The van der Waals surface area contributed by atoms with Crippen molar-refractivity contribution in [3.63, 3.8) is 0 Å². The predicted molar refractivity (Wildman–Crippen MR) is 72.3 cm³/mol. The number of carbonyl (C=O) groups is 1. The molecule has 0 bridgehead atoms. The zero-order valence-corrected chi connectivity index (χ0v) is 10.3. The van der Waals surface area contributed by atoms with Crippen LogP contribution in [0.4, 0.5) is 21.5 Å². The van der Waals surface area contributed by atoms with Crippen molar-refractivity contribution in [3.8, 4) is 0 Å². The molecule has 98 valence electrons. The van der Waals surface area contributed by atoms with E-state index in [9.17, 15) is 9.18 Å². The maximum Gasteiger partial charge on any atom is 0.337 e. The quantitative estimate of drug-likeness (QED) is 0.833. The van der Waals surface area contributed by atoms with Gasteiger partial charge in [0.15, 0.2) is 0 Å². The molecule has 2 aromatic carbocycles. The smallest absolute Gasteiger partial charge is 0.337 e. The molecule has 0 aliphatic carbocycles. The third-order valence-corrected chi connectivity index (χ3v) is 2.89. The number of nitrogens with two attached hydrogens (primary N) is 1.